The van der Waals surface area contributed by atoms with Crippen molar-refractivity contribution in [3.63, 3.8) is 0 Å². The summed E-state index contributed by atoms with van der Waals surface area (Å²) in [4.78, 5) is 2.59. The first kappa shape index (κ1) is 14.4. The molecule has 0 spiro atoms. The van der Waals surface area contributed by atoms with Gasteiger partial charge in [0.1, 0.15) is 0 Å². The summed E-state index contributed by atoms with van der Waals surface area (Å²) in [6.07, 6.45) is 0. The second-order valence-corrected chi connectivity index (χ2v) is 6.77. The van der Waals surface area contributed by atoms with Crippen molar-refractivity contribution in [3.8, 4) is 0 Å². The Morgan fingerprint density at radius 1 is 0.889 bits per heavy atom. The Hall–Kier alpha value is -0.0200. The molecule has 0 aliphatic carbocycles. The van der Waals surface area contributed by atoms with Crippen LogP contribution in [-0.2, 0) is 0 Å². The highest BCUT2D eigenvalue weighted by molar-refractivity contribution is 7.99. The van der Waals surface area contributed by atoms with Crippen molar-refractivity contribution < 1.29 is 0 Å². The van der Waals surface area contributed by atoms with Crippen molar-refractivity contribution in [2.24, 2.45) is 0 Å². The molecular weight excluding hydrogens is 303 g/mol. The van der Waals surface area contributed by atoms with Crippen LogP contribution in [0.25, 0.3) is 10.8 Å². The van der Waals surface area contributed by atoms with Crippen LogP contribution in [0.2, 0.25) is 0 Å². The van der Waals surface area contributed by atoms with Gasteiger partial charge in [-0.25, -0.2) is 0 Å². The maximum atomic E-state index is 5.75. The molecule has 96 valence electrons. The fraction of sp³-hybridized carbons (Fsp3) is 0.286. The lowest BCUT2D eigenvalue weighted by molar-refractivity contribution is 1.43. The first-order valence-corrected chi connectivity index (χ1v) is 8.79. The molecule has 0 nitrogen and oxygen atoms in total. The van der Waals surface area contributed by atoms with Gasteiger partial charge in [0.15, 0.2) is 0 Å². The Kier molecular flexibility index (Phi) is 6.03. The molecule has 2 aromatic carbocycles. The van der Waals surface area contributed by atoms with Crippen LogP contribution in [0.4, 0.5) is 0 Å². The van der Waals surface area contributed by atoms with Crippen LogP contribution in [0.1, 0.15) is 0 Å². The van der Waals surface area contributed by atoms with Crippen LogP contribution in [0, 0.1) is 0 Å². The summed E-state index contributed by atoms with van der Waals surface area (Å²) in [5, 5.41) is 2.59. The Morgan fingerprint density at radius 2 is 1.67 bits per heavy atom. The SMILES string of the molecule is ClCCSc1ccc2c(SCCCl)cccc2c1. The summed E-state index contributed by atoms with van der Waals surface area (Å²) < 4.78 is 0. The van der Waals surface area contributed by atoms with E-state index < -0.39 is 0 Å². The number of fused-ring (bicyclic) bond motifs is 1. The standard InChI is InChI=1S/C14H14Cl2S2/c15-6-8-17-12-4-5-13-11(10-12)2-1-3-14(13)18-9-7-16/h1-5,10H,6-9H2. The quantitative estimate of drug-likeness (QED) is 0.509. The lowest BCUT2D eigenvalue weighted by Crippen LogP contribution is -1.84. The van der Waals surface area contributed by atoms with Crippen molar-refractivity contribution in [3.05, 3.63) is 36.4 Å². The largest absolute Gasteiger partial charge is 0.126 e. The number of thioether (sulfide) groups is 2. The predicted molar refractivity (Wildman–Crippen MR) is 86.8 cm³/mol. The molecular formula is C14H14Cl2S2. The normalized spacial score (nSPS) is 11.0. The van der Waals surface area contributed by atoms with E-state index in [4.69, 9.17) is 23.2 Å². The minimum absolute atomic E-state index is 0.685. The fourth-order valence-electron chi connectivity index (χ4n) is 1.75. The average Bonchev–Trinajstić information content (AvgIpc) is 2.42. The minimum atomic E-state index is 0.685. The van der Waals surface area contributed by atoms with Crippen LogP contribution in [-0.4, -0.2) is 23.3 Å². The Labute approximate surface area is 126 Å². The molecule has 0 aliphatic heterocycles. The van der Waals surface area contributed by atoms with E-state index in [1.165, 1.54) is 20.6 Å². The molecule has 0 atom stereocenters. The minimum Gasteiger partial charge on any atom is -0.126 e. The highest BCUT2D eigenvalue weighted by Crippen LogP contribution is 2.31. The maximum absolute atomic E-state index is 5.75. The number of halogens is 2. The summed E-state index contributed by atoms with van der Waals surface area (Å²) in [5.41, 5.74) is 0. The number of hydrogen-bond donors (Lipinski definition) is 0. The smallest absolute Gasteiger partial charge is 0.0317 e. The van der Waals surface area contributed by atoms with E-state index in [9.17, 15) is 0 Å². The molecule has 0 heterocycles. The Morgan fingerprint density at radius 3 is 2.44 bits per heavy atom. The van der Waals surface area contributed by atoms with E-state index in [0.717, 1.165) is 11.5 Å². The van der Waals surface area contributed by atoms with E-state index >= 15 is 0 Å². The second-order valence-electron chi connectivity index (χ2n) is 3.71. The van der Waals surface area contributed by atoms with Gasteiger partial charge < -0.3 is 0 Å². The first-order chi connectivity index (χ1) is 8.85. The van der Waals surface area contributed by atoms with Crippen LogP contribution < -0.4 is 0 Å². The second kappa shape index (κ2) is 7.54. The van der Waals surface area contributed by atoms with Crippen LogP contribution in [0.3, 0.4) is 0 Å². The van der Waals surface area contributed by atoms with Crippen molar-refractivity contribution >= 4 is 57.5 Å². The topological polar surface area (TPSA) is 0 Å². The molecule has 0 aliphatic rings. The Bertz CT molecular complexity index is 514. The summed E-state index contributed by atoms with van der Waals surface area (Å²) >= 11 is 15.1. The lowest BCUT2D eigenvalue weighted by atomic mass is 10.1. The number of alkyl halides is 2. The molecule has 0 saturated carbocycles. The highest BCUT2D eigenvalue weighted by atomic mass is 35.5. The number of rotatable bonds is 6. The van der Waals surface area contributed by atoms with E-state index in [2.05, 4.69) is 36.4 Å². The summed E-state index contributed by atoms with van der Waals surface area (Å²) in [6.45, 7) is 0. The Balaban J connectivity index is 2.28. The third-order valence-corrected chi connectivity index (χ3v) is 5.39. The molecule has 0 fully saturated rings. The molecule has 2 aromatic rings. The summed E-state index contributed by atoms with van der Waals surface area (Å²) in [5.74, 6) is 3.27. The van der Waals surface area contributed by atoms with Gasteiger partial charge in [0.05, 0.1) is 0 Å². The van der Waals surface area contributed by atoms with E-state index in [0.29, 0.717) is 11.8 Å². The molecule has 0 unspecified atom stereocenters. The van der Waals surface area contributed by atoms with E-state index in [-0.39, 0.29) is 0 Å². The average molecular weight is 317 g/mol. The monoisotopic (exact) mass is 316 g/mol. The van der Waals surface area contributed by atoms with Gasteiger partial charge in [0.2, 0.25) is 0 Å². The third kappa shape index (κ3) is 3.74. The fourth-order valence-corrected chi connectivity index (χ4v) is 3.72. The van der Waals surface area contributed by atoms with Gasteiger partial charge in [0.25, 0.3) is 0 Å². The van der Waals surface area contributed by atoms with Crippen molar-refractivity contribution in [1.29, 1.82) is 0 Å². The van der Waals surface area contributed by atoms with E-state index in [1.54, 1.807) is 11.8 Å². The van der Waals surface area contributed by atoms with Gasteiger partial charge in [-0.3, -0.25) is 0 Å². The van der Waals surface area contributed by atoms with Crippen molar-refractivity contribution in [2.45, 2.75) is 9.79 Å². The molecule has 18 heavy (non-hydrogen) atoms. The molecule has 0 saturated heterocycles. The zero-order valence-electron chi connectivity index (χ0n) is 9.86. The van der Waals surface area contributed by atoms with Gasteiger partial charge in [-0.1, -0.05) is 18.2 Å². The van der Waals surface area contributed by atoms with Gasteiger partial charge in [-0.05, 0) is 29.0 Å². The number of hydrogen-bond acceptors (Lipinski definition) is 2. The zero-order chi connectivity index (χ0) is 12.8. The molecule has 0 radical (unpaired) electrons. The molecule has 2 rings (SSSR count). The molecule has 0 aromatic heterocycles. The molecule has 0 amide bonds. The van der Waals surface area contributed by atoms with Gasteiger partial charge in [-0.2, -0.15) is 0 Å². The molecule has 4 heteroatoms. The first-order valence-electron chi connectivity index (χ1n) is 5.75. The van der Waals surface area contributed by atoms with Crippen molar-refractivity contribution in [2.75, 3.05) is 23.3 Å². The lowest BCUT2D eigenvalue weighted by Gasteiger charge is -2.07. The van der Waals surface area contributed by atoms with Gasteiger partial charge in [-0.15, -0.1) is 46.7 Å². The zero-order valence-corrected chi connectivity index (χ0v) is 13.0. The van der Waals surface area contributed by atoms with Crippen LogP contribution in [0.15, 0.2) is 46.2 Å². The summed E-state index contributed by atoms with van der Waals surface area (Å²) in [6, 6.07) is 13.0. The molecule has 0 bridgehead atoms. The third-order valence-electron chi connectivity index (χ3n) is 2.49. The van der Waals surface area contributed by atoms with Crippen molar-refractivity contribution in [1.82, 2.24) is 0 Å². The van der Waals surface area contributed by atoms with Gasteiger partial charge in [0, 0.05) is 33.1 Å². The van der Waals surface area contributed by atoms with E-state index in [1.807, 2.05) is 11.8 Å². The molecule has 0 N–H and O–H groups in total. The number of benzene rings is 2. The van der Waals surface area contributed by atoms with Crippen LogP contribution >= 0.6 is 46.7 Å². The predicted octanol–water partition coefficient (Wildman–Crippen LogP) is 5.50. The highest BCUT2D eigenvalue weighted by Gasteiger charge is 2.02. The van der Waals surface area contributed by atoms with Gasteiger partial charge >= 0.3 is 0 Å². The van der Waals surface area contributed by atoms with Crippen LogP contribution in [0.5, 0.6) is 0 Å². The summed E-state index contributed by atoms with van der Waals surface area (Å²) in [7, 11) is 0. The maximum Gasteiger partial charge on any atom is 0.0317 e.